The van der Waals surface area contributed by atoms with Gasteiger partial charge in [-0.3, -0.25) is 14.6 Å². The van der Waals surface area contributed by atoms with Crippen LogP contribution in [0.2, 0.25) is 5.02 Å². The second-order valence-corrected chi connectivity index (χ2v) is 8.57. The number of aryl methyl sites for hydroxylation is 2. The number of aliphatic hydroxyl groups excluding tert-OH is 1. The molecule has 1 atom stereocenters. The summed E-state index contributed by atoms with van der Waals surface area (Å²) in [4.78, 5) is 33.3. The van der Waals surface area contributed by atoms with Crippen molar-refractivity contribution < 1.29 is 23.8 Å². The summed E-state index contributed by atoms with van der Waals surface area (Å²) in [6.07, 6.45) is 1.80. The van der Waals surface area contributed by atoms with Crippen molar-refractivity contribution in [3.05, 3.63) is 63.6 Å². The van der Waals surface area contributed by atoms with E-state index in [4.69, 9.17) is 16.3 Å². The van der Waals surface area contributed by atoms with Crippen LogP contribution < -0.4 is 15.4 Å². The van der Waals surface area contributed by atoms with Crippen LogP contribution in [0.1, 0.15) is 41.1 Å². The fraction of sp³-hybridized carbons (Fsp3) is 0.364. The molecule has 10 heteroatoms. The van der Waals surface area contributed by atoms with Gasteiger partial charge in [0.25, 0.3) is 11.8 Å². The molecule has 0 aliphatic heterocycles. The van der Waals surface area contributed by atoms with Crippen molar-refractivity contribution in [3.8, 4) is 5.75 Å². The Bertz CT molecular complexity index is 1130. The minimum atomic E-state index is -0.935. The number of carbonyl (C=O) groups excluding carboxylic acids is 2. The Morgan fingerprint density at radius 3 is 2.72 bits per heavy atom. The van der Waals surface area contributed by atoms with Gasteiger partial charge in [-0.2, -0.15) is 0 Å². The van der Waals surface area contributed by atoms with E-state index in [1.54, 1.807) is 6.92 Å². The van der Waals surface area contributed by atoms with Crippen LogP contribution in [-0.2, 0) is 4.79 Å². The van der Waals surface area contributed by atoms with E-state index in [9.17, 15) is 19.1 Å². The molecule has 3 N–H and O–H groups in total. The number of halogens is 2. The molecule has 0 saturated heterocycles. The van der Waals surface area contributed by atoms with Crippen molar-refractivity contribution in [1.82, 2.24) is 20.6 Å². The lowest BCUT2D eigenvalue weighted by Crippen LogP contribution is -2.61. The summed E-state index contributed by atoms with van der Waals surface area (Å²) >= 11 is 5.62. The predicted octanol–water partition coefficient (Wildman–Crippen LogP) is 2.36. The third-order valence-corrected chi connectivity index (χ3v) is 6.05. The molecule has 1 fully saturated rings. The lowest BCUT2D eigenvalue weighted by atomic mass is 9.63. The summed E-state index contributed by atoms with van der Waals surface area (Å²) in [5.41, 5.74) is 2.39. The lowest BCUT2D eigenvalue weighted by Gasteiger charge is -2.51. The number of amides is 2. The number of nitrogens with zero attached hydrogens (tertiary/aromatic N) is 2. The van der Waals surface area contributed by atoms with Crippen LogP contribution in [0.5, 0.6) is 5.75 Å². The summed E-state index contributed by atoms with van der Waals surface area (Å²) in [6.45, 7) is 3.25. The van der Waals surface area contributed by atoms with Crippen LogP contribution in [0.4, 0.5) is 4.39 Å². The number of benzene rings is 1. The Morgan fingerprint density at radius 1 is 1.31 bits per heavy atom. The summed E-state index contributed by atoms with van der Waals surface area (Å²) in [7, 11) is 0. The molecule has 2 bridgehead atoms. The number of hydrogen-bond acceptors (Lipinski definition) is 6. The van der Waals surface area contributed by atoms with Crippen LogP contribution in [0.25, 0.3) is 0 Å². The molecular formula is C22H22ClFN4O4. The van der Waals surface area contributed by atoms with Gasteiger partial charge in [0.2, 0.25) is 0 Å². The molecule has 1 aromatic carbocycles. The highest BCUT2D eigenvalue weighted by atomic mass is 35.5. The van der Waals surface area contributed by atoms with Gasteiger partial charge < -0.3 is 20.5 Å². The third-order valence-electron chi connectivity index (χ3n) is 5.74. The second kappa shape index (κ2) is 8.48. The molecule has 5 rings (SSSR count). The third kappa shape index (κ3) is 4.44. The standard InChI is InChI=1S/C22H22ClFN4O4/c1-11-12(2)26-17(9-25-11)21(31)28-22-6-13(7-22)20(18(29)8-22)27-19(30)10-32-14-3-4-15(23)16(24)5-14/h3-5,9,18,29H,6-8,10H2,1-2H3,(H,27,30)(H,28,31)/t18-/m0/s1. The Balaban J connectivity index is 1.35. The number of fused-ring (bicyclic) bond motifs is 2. The van der Waals surface area contributed by atoms with Gasteiger partial charge in [-0.05, 0) is 44.4 Å². The van der Waals surface area contributed by atoms with Gasteiger partial charge in [0.15, 0.2) is 6.61 Å². The first kappa shape index (κ1) is 22.2. The first-order chi connectivity index (χ1) is 15.2. The molecule has 32 heavy (non-hydrogen) atoms. The molecule has 1 heterocycles. The van der Waals surface area contributed by atoms with E-state index in [1.807, 2.05) is 6.92 Å². The lowest BCUT2D eigenvalue weighted by molar-refractivity contribution is -0.123. The smallest absolute Gasteiger partial charge is 0.271 e. The zero-order valence-electron chi connectivity index (χ0n) is 17.5. The first-order valence-electron chi connectivity index (χ1n) is 10.1. The van der Waals surface area contributed by atoms with Crippen molar-refractivity contribution in [2.45, 2.75) is 44.8 Å². The number of rotatable bonds is 6. The molecule has 2 aromatic rings. The number of ether oxygens (including phenoxy) is 1. The number of hydrogen-bond donors (Lipinski definition) is 3. The number of nitrogens with one attached hydrogen (secondary N) is 2. The predicted molar refractivity (Wildman–Crippen MR) is 114 cm³/mol. The highest BCUT2D eigenvalue weighted by Gasteiger charge is 2.50. The summed E-state index contributed by atoms with van der Waals surface area (Å²) < 4.78 is 18.7. The minimum Gasteiger partial charge on any atom is -0.484 e. The van der Waals surface area contributed by atoms with Gasteiger partial charge in [-0.25, -0.2) is 9.37 Å². The Labute approximate surface area is 188 Å². The Kier molecular flexibility index (Phi) is 5.87. The maximum Gasteiger partial charge on any atom is 0.271 e. The monoisotopic (exact) mass is 460 g/mol. The molecule has 3 aliphatic rings. The van der Waals surface area contributed by atoms with Crippen molar-refractivity contribution in [3.63, 3.8) is 0 Å². The number of aliphatic hydroxyl groups is 1. The largest absolute Gasteiger partial charge is 0.484 e. The highest BCUT2D eigenvalue weighted by molar-refractivity contribution is 6.30. The molecule has 0 spiro atoms. The van der Waals surface area contributed by atoms with Crippen LogP contribution in [0.15, 0.2) is 35.7 Å². The quantitative estimate of drug-likeness (QED) is 0.610. The summed E-state index contributed by atoms with van der Waals surface area (Å²) in [5, 5.41) is 16.2. The van der Waals surface area contributed by atoms with Crippen LogP contribution in [0, 0.1) is 19.7 Å². The molecule has 0 unspecified atom stereocenters. The minimum absolute atomic E-state index is 0.0378. The van der Waals surface area contributed by atoms with E-state index in [0.29, 0.717) is 24.2 Å². The molecule has 3 aliphatic carbocycles. The van der Waals surface area contributed by atoms with Gasteiger partial charge in [0.1, 0.15) is 17.3 Å². The number of aromatic nitrogens is 2. The van der Waals surface area contributed by atoms with E-state index in [1.165, 1.54) is 18.3 Å². The van der Waals surface area contributed by atoms with Gasteiger partial charge in [0, 0.05) is 18.2 Å². The molecule has 2 amide bonds. The Hall–Kier alpha value is -3.04. The molecule has 0 radical (unpaired) electrons. The zero-order chi connectivity index (χ0) is 23.0. The number of carbonyl (C=O) groups is 2. The van der Waals surface area contributed by atoms with Gasteiger partial charge in [-0.15, -0.1) is 0 Å². The molecule has 8 nitrogen and oxygen atoms in total. The van der Waals surface area contributed by atoms with Crippen LogP contribution in [0.3, 0.4) is 0 Å². The molecular weight excluding hydrogens is 439 g/mol. The van der Waals surface area contributed by atoms with E-state index in [0.717, 1.165) is 17.3 Å². The van der Waals surface area contributed by atoms with E-state index in [-0.39, 0.29) is 35.4 Å². The van der Waals surface area contributed by atoms with Crippen LogP contribution >= 0.6 is 11.6 Å². The van der Waals surface area contributed by atoms with Crippen molar-refractivity contribution in [1.29, 1.82) is 0 Å². The maximum atomic E-state index is 13.5. The fourth-order valence-electron chi connectivity index (χ4n) is 3.98. The topological polar surface area (TPSA) is 113 Å². The van der Waals surface area contributed by atoms with Gasteiger partial charge in [-0.1, -0.05) is 11.6 Å². The van der Waals surface area contributed by atoms with Gasteiger partial charge in [0.05, 0.1) is 34.3 Å². The second-order valence-electron chi connectivity index (χ2n) is 8.16. The maximum absolute atomic E-state index is 13.5. The van der Waals surface area contributed by atoms with Crippen molar-refractivity contribution >= 4 is 23.4 Å². The average Bonchev–Trinajstić information content (AvgIpc) is 2.72. The van der Waals surface area contributed by atoms with Crippen molar-refractivity contribution in [2.24, 2.45) is 0 Å². The van der Waals surface area contributed by atoms with E-state index >= 15 is 0 Å². The average molecular weight is 461 g/mol. The Morgan fingerprint density at radius 2 is 2.06 bits per heavy atom. The zero-order valence-corrected chi connectivity index (χ0v) is 18.3. The molecule has 1 aromatic heterocycles. The fourth-order valence-corrected chi connectivity index (χ4v) is 4.09. The highest BCUT2D eigenvalue weighted by Crippen LogP contribution is 2.47. The summed E-state index contributed by atoms with van der Waals surface area (Å²) in [6, 6.07) is 3.89. The molecule has 168 valence electrons. The van der Waals surface area contributed by atoms with Crippen LogP contribution in [-0.4, -0.2) is 45.1 Å². The normalized spacial score (nSPS) is 21.6. The molecule has 1 saturated carbocycles. The first-order valence-corrected chi connectivity index (χ1v) is 10.4. The van der Waals surface area contributed by atoms with Crippen molar-refractivity contribution in [2.75, 3.05) is 6.61 Å². The van der Waals surface area contributed by atoms with E-state index < -0.39 is 23.4 Å². The SMILES string of the molecule is Cc1ncc(C(=O)NC23CC(=C(NC(=O)COc4ccc(Cl)c(F)c4)[C@@H](O)C2)C3)nc1C. The van der Waals surface area contributed by atoms with Gasteiger partial charge >= 0.3 is 0 Å². The van der Waals surface area contributed by atoms with E-state index in [2.05, 4.69) is 20.6 Å². The summed E-state index contributed by atoms with van der Waals surface area (Å²) in [5.74, 6) is -1.29.